The molecule has 0 radical (unpaired) electrons. The fourth-order valence-corrected chi connectivity index (χ4v) is 0.144. The molecule has 1 aromatic heterocycles. The van der Waals surface area contributed by atoms with Crippen molar-refractivity contribution in [3.8, 4) is 0 Å². The molecule has 68 valence electrons. The van der Waals surface area contributed by atoms with Gasteiger partial charge in [0.2, 0.25) is 0 Å². The molecule has 0 fully saturated rings. The summed E-state index contributed by atoms with van der Waals surface area (Å²) in [5.41, 5.74) is 0. The SMILES string of the molecule is O=S(=O)(O)O.[Cu+].[c-]1c[nH]nn1. The van der Waals surface area contributed by atoms with Gasteiger partial charge in [-0.2, -0.15) is 8.42 Å². The smallest absolute Gasteiger partial charge is 0.352 e. The predicted octanol–water partition coefficient (Wildman–Crippen LogP) is -1.05. The number of H-pyrrole nitrogens is 1. The monoisotopic (exact) mass is 229 g/mol. The van der Waals surface area contributed by atoms with Gasteiger partial charge in [-0.1, -0.05) is 0 Å². The van der Waals surface area contributed by atoms with Crippen LogP contribution in [0.4, 0.5) is 0 Å². The zero-order valence-electron chi connectivity index (χ0n) is 4.89. The first-order valence-electron chi connectivity index (χ1n) is 1.92. The van der Waals surface area contributed by atoms with Gasteiger partial charge in [-0.15, -0.1) is 11.4 Å². The van der Waals surface area contributed by atoms with Gasteiger partial charge in [0.15, 0.2) is 0 Å². The van der Waals surface area contributed by atoms with Crippen LogP contribution in [0.3, 0.4) is 0 Å². The second kappa shape index (κ2) is 6.25. The van der Waals surface area contributed by atoms with E-state index in [1.165, 1.54) is 6.20 Å². The van der Waals surface area contributed by atoms with E-state index in [1.807, 2.05) is 0 Å². The molecular weight excluding hydrogens is 226 g/mol. The maximum Gasteiger partial charge on any atom is 1.00 e. The zero-order valence-corrected chi connectivity index (χ0v) is 6.65. The average molecular weight is 230 g/mol. The first-order valence-corrected chi connectivity index (χ1v) is 3.32. The molecule has 0 aliphatic heterocycles. The quantitative estimate of drug-likeness (QED) is 0.297. The van der Waals surface area contributed by atoms with E-state index in [0.29, 0.717) is 0 Å². The molecular formula is C2H4CuN3O4S. The molecule has 0 unspecified atom stereocenters. The Kier molecular flexibility index (Phi) is 7.47. The summed E-state index contributed by atoms with van der Waals surface area (Å²) in [7, 11) is -4.67. The van der Waals surface area contributed by atoms with Crippen LogP contribution in [-0.4, -0.2) is 32.9 Å². The molecule has 0 bridgehead atoms. The normalized spacial score (nSPS) is 8.91. The van der Waals surface area contributed by atoms with Crippen LogP contribution in [0.1, 0.15) is 0 Å². The Hall–Kier alpha value is -0.471. The van der Waals surface area contributed by atoms with Crippen molar-refractivity contribution < 1.29 is 34.6 Å². The van der Waals surface area contributed by atoms with E-state index in [-0.39, 0.29) is 17.1 Å². The summed E-state index contributed by atoms with van der Waals surface area (Å²) in [5.74, 6) is 0. The van der Waals surface area contributed by atoms with Gasteiger partial charge in [0.05, 0.1) is 0 Å². The van der Waals surface area contributed by atoms with E-state index in [2.05, 4.69) is 21.6 Å². The van der Waals surface area contributed by atoms with Crippen LogP contribution >= 0.6 is 0 Å². The number of hydrogen-bond donors (Lipinski definition) is 3. The molecule has 0 spiro atoms. The Bertz CT molecular complexity index is 219. The van der Waals surface area contributed by atoms with Crippen molar-refractivity contribution in [2.24, 2.45) is 0 Å². The molecule has 1 aromatic rings. The van der Waals surface area contributed by atoms with Crippen LogP contribution in [0, 0.1) is 6.20 Å². The average Bonchev–Trinajstić information content (AvgIpc) is 2.07. The summed E-state index contributed by atoms with van der Waals surface area (Å²) in [6.07, 6.45) is 3.97. The van der Waals surface area contributed by atoms with Gasteiger partial charge in [-0.25, -0.2) is 0 Å². The van der Waals surface area contributed by atoms with E-state index in [0.717, 1.165) is 0 Å². The Morgan fingerprint density at radius 1 is 1.45 bits per heavy atom. The van der Waals surface area contributed by atoms with Crippen LogP contribution in [0.2, 0.25) is 0 Å². The van der Waals surface area contributed by atoms with E-state index in [4.69, 9.17) is 17.5 Å². The van der Waals surface area contributed by atoms with Crippen LogP contribution < -0.4 is 0 Å². The van der Waals surface area contributed by atoms with Gasteiger partial charge in [-0.05, 0) is 0 Å². The third-order valence-electron chi connectivity index (χ3n) is 0.295. The van der Waals surface area contributed by atoms with Gasteiger partial charge >= 0.3 is 27.5 Å². The maximum absolute atomic E-state index is 8.74. The summed E-state index contributed by atoms with van der Waals surface area (Å²) in [6, 6.07) is 0. The van der Waals surface area contributed by atoms with Gasteiger partial charge in [0.1, 0.15) is 0 Å². The molecule has 1 rings (SSSR count). The molecule has 0 saturated carbocycles. The molecule has 0 aliphatic rings. The Morgan fingerprint density at radius 3 is 2.00 bits per heavy atom. The topological polar surface area (TPSA) is 116 Å². The third-order valence-corrected chi connectivity index (χ3v) is 0.295. The minimum Gasteiger partial charge on any atom is -0.352 e. The molecule has 11 heavy (non-hydrogen) atoms. The van der Waals surface area contributed by atoms with Crippen LogP contribution in [0.15, 0.2) is 6.20 Å². The number of nitrogens with zero attached hydrogens (tertiary/aromatic N) is 2. The summed E-state index contributed by atoms with van der Waals surface area (Å²) >= 11 is 0. The summed E-state index contributed by atoms with van der Waals surface area (Å²) in [5, 5.41) is 9.03. The van der Waals surface area contributed by atoms with Gasteiger partial charge in [0.25, 0.3) is 0 Å². The van der Waals surface area contributed by atoms with Crippen LogP contribution in [0.5, 0.6) is 0 Å². The molecule has 0 aliphatic carbocycles. The fraction of sp³-hybridized carbons (Fsp3) is 0. The van der Waals surface area contributed by atoms with Crippen molar-refractivity contribution in [2.45, 2.75) is 0 Å². The molecule has 3 N–H and O–H groups in total. The minimum absolute atomic E-state index is 0. The second-order valence-electron chi connectivity index (χ2n) is 1.05. The van der Waals surface area contributed by atoms with E-state index >= 15 is 0 Å². The van der Waals surface area contributed by atoms with Crippen molar-refractivity contribution in [3.05, 3.63) is 12.4 Å². The van der Waals surface area contributed by atoms with E-state index in [9.17, 15) is 0 Å². The van der Waals surface area contributed by atoms with Crippen molar-refractivity contribution in [1.82, 2.24) is 15.4 Å². The third kappa shape index (κ3) is 26.3. The van der Waals surface area contributed by atoms with Crippen molar-refractivity contribution in [1.29, 1.82) is 0 Å². The number of aromatic nitrogens is 3. The molecule has 0 atom stereocenters. The van der Waals surface area contributed by atoms with Crippen molar-refractivity contribution in [2.75, 3.05) is 0 Å². The van der Waals surface area contributed by atoms with E-state index < -0.39 is 10.4 Å². The van der Waals surface area contributed by atoms with E-state index in [1.54, 1.807) is 0 Å². The Morgan fingerprint density at radius 2 is 1.91 bits per heavy atom. The second-order valence-corrected chi connectivity index (χ2v) is 1.95. The first-order chi connectivity index (χ1) is 4.50. The molecule has 0 aromatic carbocycles. The first kappa shape index (κ1) is 13.1. The molecule has 9 heteroatoms. The standard InChI is InChI=1S/C2H2N3.Cu.H2O4S/c1-2-4-5-3-1;;1-5(2,3)4/h1H,(H,3,4,5);;(H2,1,2,3,4)/q-1;+1;. The molecule has 1 heterocycles. The Balaban J connectivity index is 0. The maximum atomic E-state index is 8.74. The minimum atomic E-state index is -4.67. The fourth-order valence-electron chi connectivity index (χ4n) is 0.144. The number of hydrogen-bond acceptors (Lipinski definition) is 4. The Labute approximate surface area is 73.3 Å². The predicted molar refractivity (Wildman–Crippen MR) is 29.4 cm³/mol. The summed E-state index contributed by atoms with van der Waals surface area (Å²) in [6.45, 7) is 0. The molecule has 7 nitrogen and oxygen atoms in total. The number of aromatic amines is 1. The van der Waals surface area contributed by atoms with Crippen molar-refractivity contribution in [3.63, 3.8) is 0 Å². The largest absolute Gasteiger partial charge is 1.00 e. The summed E-state index contributed by atoms with van der Waals surface area (Å²) < 4.78 is 31.6. The molecule has 0 saturated heterocycles. The van der Waals surface area contributed by atoms with Gasteiger partial charge in [-0.3, -0.25) is 9.11 Å². The van der Waals surface area contributed by atoms with Crippen LogP contribution in [0.25, 0.3) is 0 Å². The van der Waals surface area contributed by atoms with Gasteiger partial charge < -0.3 is 16.4 Å². The van der Waals surface area contributed by atoms with Gasteiger partial charge in [0, 0.05) is 0 Å². The molecule has 0 amide bonds. The van der Waals surface area contributed by atoms with Crippen LogP contribution in [-0.2, 0) is 27.5 Å². The summed E-state index contributed by atoms with van der Waals surface area (Å²) in [4.78, 5) is 0. The number of nitrogens with one attached hydrogen (secondary N) is 1. The zero-order chi connectivity index (χ0) is 8.04. The van der Waals surface area contributed by atoms with Crippen molar-refractivity contribution >= 4 is 10.4 Å². The number of rotatable bonds is 0.